The lowest BCUT2D eigenvalue weighted by Gasteiger charge is -2.21. The van der Waals surface area contributed by atoms with Gasteiger partial charge in [-0.15, -0.1) is 0 Å². The van der Waals surface area contributed by atoms with Crippen molar-refractivity contribution in [3.05, 3.63) is 104 Å². The van der Waals surface area contributed by atoms with E-state index >= 15 is 0 Å². The minimum Gasteiger partial charge on any atom is -0.478 e. The molecule has 0 saturated carbocycles. The van der Waals surface area contributed by atoms with E-state index in [-0.39, 0.29) is 28.5 Å². The number of anilines is 2. The van der Waals surface area contributed by atoms with Crippen molar-refractivity contribution in [1.29, 1.82) is 5.26 Å². The molecule has 0 saturated heterocycles. The van der Waals surface area contributed by atoms with Gasteiger partial charge in [0.05, 0.1) is 17.0 Å². The van der Waals surface area contributed by atoms with Crippen molar-refractivity contribution in [2.75, 3.05) is 10.2 Å². The van der Waals surface area contributed by atoms with Crippen LogP contribution in [-0.4, -0.2) is 11.1 Å². The van der Waals surface area contributed by atoms with Crippen molar-refractivity contribution in [1.82, 2.24) is 0 Å². The average molecular weight is 466 g/mol. The molecule has 5 rings (SSSR count). The van der Waals surface area contributed by atoms with Crippen molar-refractivity contribution < 1.29 is 14.3 Å². The molecule has 0 fully saturated rings. The first-order valence-corrected chi connectivity index (χ1v) is 11.3. The minimum absolute atomic E-state index is 0.0151. The number of nitrogens with zero attached hydrogens (tertiary/aromatic N) is 2. The van der Waals surface area contributed by atoms with Crippen LogP contribution in [0, 0.1) is 18.3 Å². The molecule has 0 radical (unpaired) electrons. The second kappa shape index (κ2) is 8.65. The van der Waals surface area contributed by atoms with Gasteiger partial charge >= 0.3 is 5.97 Å². The fourth-order valence-electron chi connectivity index (χ4n) is 4.69. The summed E-state index contributed by atoms with van der Waals surface area (Å²) in [6.07, 6.45) is 0. The predicted octanol–water partition coefficient (Wildman–Crippen LogP) is 5.36. The Balaban J connectivity index is 1.64. The third-order valence-corrected chi connectivity index (χ3v) is 6.38. The van der Waals surface area contributed by atoms with E-state index in [0.717, 1.165) is 16.7 Å². The first-order chi connectivity index (χ1) is 16.9. The van der Waals surface area contributed by atoms with Crippen molar-refractivity contribution >= 4 is 28.5 Å². The van der Waals surface area contributed by atoms with E-state index in [0.29, 0.717) is 35.3 Å². The highest BCUT2D eigenvalue weighted by molar-refractivity contribution is 5.94. The maximum atomic E-state index is 13.4. The van der Waals surface area contributed by atoms with Crippen molar-refractivity contribution in [3.8, 4) is 6.07 Å². The summed E-state index contributed by atoms with van der Waals surface area (Å²) >= 11 is 0. The van der Waals surface area contributed by atoms with Crippen LogP contribution >= 0.6 is 0 Å². The summed E-state index contributed by atoms with van der Waals surface area (Å²) in [6, 6.07) is 20.0. The van der Waals surface area contributed by atoms with Crippen LogP contribution in [-0.2, 0) is 13.1 Å². The molecule has 7 nitrogen and oxygen atoms in total. The Kier molecular flexibility index (Phi) is 5.50. The van der Waals surface area contributed by atoms with Gasteiger partial charge in [-0.2, -0.15) is 5.26 Å². The number of carboxylic acids is 1. The molecule has 0 aliphatic carbocycles. The highest BCUT2D eigenvalue weighted by Gasteiger charge is 2.27. The second-order valence-electron chi connectivity index (χ2n) is 8.80. The van der Waals surface area contributed by atoms with E-state index in [4.69, 9.17) is 4.42 Å². The lowest BCUT2D eigenvalue weighted by Crippen LogP contribution is -2.21. The first kappa shape index (κ1) is 22.2. The SMILES string of the molecule is Cc1cc([C@@H](C)Nc2ccccc2C(=O)O)c2oc(N3Cc4ccccc4C3)c(C#N)c(=O)c2c1. The number of hydrogen-bond acceptors (Lipinski definition) is 6. The molecule has 1 aliphatic heterocycles. The Morgan fingerprint density at radius 3 is 2.43 bits per heavy atom. The number of rotatable bonds is 5. The fourth-order valence-corrected chi connectivity index (χ4v) is 4.69. The lowest BCUT2D eigenvalue weighted by atomic mass is 10.00. The van der Waals surface area contributed by atoms with Gasteiger partial charge in [0.1, 0.15) is 11.7 Å². The van der Waals surface area contributed by atoms with E-state index < -0.39 is 5.97 Å². The highest BCUT2D eigenvalue weighted by Crippen LogP contribution is 2.35. The Hall–Kier alpha value is -4.57. The number of para-hydroxylation sites is 1. The van der Waals surface area contributed by atoms with Crippen molar-refractivity contribution in [2.24, 2.45) is 0 Å². The molecule has 35 heavy (non-hydrogen) atoms. The molecule has 1 aromatic heterocycles. The summed E-state index contributed by atoms with van der Waals surface area (Å²) in [4.78, 5) is 27.0. The molecule has 0 unspecified atom stereocenters. The van der Waals surface area contributed by atoms with Gasteiger partial charge in [-0.25, -0.2) is 4.79 Å². The summed E-state index contributed by atoms with van der Waals surface area (Å²) in [5.41, 5.74) is 4.42. The summed E-state index contributed by atoms with van der Waals surface area (Å²) in [5, 5.41) is 23.0. The Morgan fingerprint density at radius 1 is 1.11 bits per heavy atom. The molecule has 7 heteroatoms. The molecule has 1 aliphatic rings. The van der Waals surface area contributed by atoms with Crippen LogP contribution in [0.4, 0.5) is 11.6 Å². The van der Waals surface area contributed by atoms with Gasteiger partial charge in [-0.1, -0.05) is 42.5 Å². The second-order valence-corrected chi connectivity index (χ2v) is 8.80. The number of carbonyl (C=O) groups is 1. The van der Waals surface area contributed by atoms with Gasteiger partial charge in [0.25, 0.3) is 0 Å². The standard InChI is InChI=1S/C28H23N3O4/c1-16-11-21(17(2)30-24-10-6-5-9-20(24)28(33)34)26-22(12-16)25(32)23(13-29)27(35-26)31-14-18-7-3-4-8-19(18)15-31/h3-12,17,30H,14-15H2,1-2H3,(H,33,34)/t17-/m1/s1. The van der Waals surface area contributed by atoms with Gasteiger partial charge < -0.3 is 19.7 Å². The normalized spacial score (nSPS) is 13.3. The van der Waals surface area contributed by atoms with E-state index in [1.165, 1.54) is 6.07 Å². The van der Waals surface area contributed by atoms with E-state index in [9.17, 15) is 20.0 Å². The molecule has 3 aromatic carbocycles. The first-order valence-electron chi connectivity index (χ1n) is 11.3. The summed E-state index contributed by atoms with van der Waals surface area (Å²) in [7, 11) is 0. The third-order valence-electron chi connectivity index (χ3n) is 6.38. The predicted molar refractivity (Wildman–Crippen MR) is 134 cm³/mol. The van der Waals surface area contributed by atoms with Crippen LogP contribution in [0.3, 0.4) is 0 Å². The van der Waals surface area contributed by atoms with Crippen molar-refractivity contribution in [3.63, 3.8) is 0 Å². The zero-order valence-corrected chi connectivity index (χ0v) is 19.3. The Bertz CT molecular complexity index is 1560. The minimum atomic E-state index is -1.03. The summed E-state index contributed by atoms with van der Waals surface area (Å²) in [6.45, 7) is 4.84. The number of aryl methyl sites for hydroxylation is 1. The van der Waals surface area contributed by atoms with Gasteiger partial charge in [0, 0.05) is 24.3 Å². The van der Waals surface area contributed by atoms with Crippen molar-refractivity contribution in [2.45, 2.75) is 33.0 Å². The Morgan fingerprint density at radius 2 is 1.77 bits per heavy atom. The molecule has 1 atom stereocenters. The topological polar surface area (TPSA) is 107 Å². The monoisotopic (exact) mass is 465 g/mol. The largest absolute Gasteiger partial charge is 0.478 e. The number of nitriles is 1. The van der Waals surface area contributed by atoms with Crippen LogP contribution in [0.15, 0.2) is 69.9 Å². The van der Waals surface area contributed by atoms with E-state index in [1.807, 2.05) is 49.1 Å². The smallest absolute Gasteiger partial charge is 0.337 e. The number of fused-ring (bicyclic) bond motifs is 2. The zero-order chi connectivity index (χ0) is 24.7. The number of hydrogen-bond donors (Lipinski definition) is 2. The summed E-state index contributed by atoms with van der Waals surface area (Å²) in [5.74, 6) is -0.778. The fraction of sp³-hybridized carbons (Fsp3) is 0.179. The highest BCUT2D eigenvalue weighted by atomic mass is 16.4. The molecule has 2 N–H and O–H groups in total. The number of carboxylic acid groups (broad SMARTS) is 1. The van der Waals surface area contributed by atoms with Gasteiger partial charge in [0.2, 0.25) is 11.3 Å². The van der Waals surface area contributed by atoms with Crippen LogP contribution in [0.1, 0.15) is 51.1 Å². The maximum Gasteiger partial charge on any atom is 0.337 e. The molecule has 4 aromatic rings. The summed E-state index contributed by atoms with van der Waals surface area (Å²) < 4.78 is 6.35. The van der Waals surface area contributed by atoms with Gasteiger partial charge in [0.15, 0.2) is 5.56 Å². The van der Waals surface area contributed by atoms with Gasteiger partial charge in [-0.05, 0) is 48.7 Å². The molecule has 0 amide bonds. The molecule has 174 valence electrons. The molecule has 0 bridgehead atoms. The number of nitrogens with one attached hydrogen (secondary N) is 1. The number of aromatic carboxylic acids is 1. The molecular weight excluding hydrogens is 442 g/mol. The van der Waals surface area contributed by atoms with E-state index in [1.54, 1.807) is 24.3 Å². The van der Waals surface area contributed by atoms with Crippen LogP contribution in [0.25, 0.3) is 11.0 Å². The third kappa shape index (κ3) is 3.89. The molecular formula is C28H23N3O4. The van der Waals surface area contributed by atoms with E-state index in [2.05, 4.69) is 11.4 Å². The number of benzene rings is 3. The van der Waals surface area contributed by atoms with Crippen LogP contribution in [0.2, 0.25) is 0 Å². The Labute approximate surface area is 201 Å². The average Bonchev–Trinajstić information content (AvgIpc) is 3.28. The maximum absolute atomic E-state index is 13.4. The molecule has 0 spiro atoms. The van der Waals surface area contributed by atoms with Gasteiger partial charge in [-0.3, -0.25) is 4.79 Å². The van der Waals surface area contributed by atoms with Crippen LogP contribution < -0.4 is 15.6 Å². The zero-order valence-electron chi connectivity index (χ0n) is 19.3. The van der Waals surface area contributed by atoms with Crippen LogP contribution in [0.5, 0.6) is 0 Å². The molecule has 2 heterocycles. The lowest BCUT2D eigenvalue weighted by molar-refractivity contribution is 0.0698. The quantitative estimate of drug-likeness (QED) is 0.408.